The number of rotatable bonds is 6. The molecule has 0 aliphatic heterocycles. The summed E-state index contributed by atoms with van der Waals surface area (Å²) in [6, 6.07) is 1.81. The first-order valence-electron chi connectivity index (χ1n) is 5.13. The van der Waals surface area contributed by atoms with E-state index in [-0.39, 0.29) is 5.78 Å². The average Bonchev–Trinajstić information content (AvgIpc) is 2.54. The third-order valence-corrected chi connectivity index (χ3v) is 4.69. The minimum Gasteiger partial charge on any atom is -0.293 e. The molecule has 0 aliphatic rings. The number of ketones is 1. The summed E-state index contributed by atoms with van der Waals surface area (Å²) in [5.41, 5.74) is 0. The Morgan fingerprint density at radius 2 is 2.20 bits per heavy atom. The third kappa shape index (κ3) is 4.25. The first-order chi connectivity index (χ1) is 7.15. The van der Waals surface area contributed by atoms with Crippen molar-refractivity contribution >= 4 is 44.7 Å². The Bertz CT molecular complexity index is 316. The van der Waals surface area contributed by atoms with Crippen LogP contribution in [0.1, 0.15) is 48.7 Å². The largest absolute Gasteiger partial charge is 0.293 e. The molecule has 0 spiro atoms. The topological polar surface area (TPSA) is 17.1 Å². The van der Waals surface area contributed by atoms with Crippen LogP contribution in [-0.4, -0.2) is 5.78 Å². The van der Waals surface area contributed by atoms with Crippen molar-refractivity contribution in [3.63, 3.8) is 0 Å². The highest BCUT2D eigenvalue weighted by Crippen LogP contribution is 2.32. The van der Waals surface area contributed by atoms with Gasteiger partial charge in [0.2, 0.25) is 0 Å². The van der Waals surface area contributed by atoms with Gasteiger partial charge in [0, 0.05) is 10.9 Å². The molecular formula is C11H14BrClOS. The van der Waals surface area contributed by atoms with Gasteiger partial charge in [-0.2, -0.15) is 0 Å². The fraction of sp³-hybridized carbons (Fsp3) is 0.545. The van der Waals surface area contributed by atoms with E-state index < -0.39 is 0 Å². The molecule has 0 unspecified atom stereocenters. The fourth-order valence-electron chi connectivity index (χ4n) is 1.32. The second-order valence-electron chi connectivity index (χ2n) is 3.47. The highest BCUT2D eigenvalue weighted by Gasteiger charge is 2.11. The van der Waals surface area contributed by atoms with Crippen LogP contribution in [0.4, 0.5) is 0 Å². The van der Waals surface area contributed by atoms with E-state index in [2.05, 4.69) is 22.9 Å². The number of carbonyl (C=O) groups is 1. The Kier molecular flexibility index (Phi) is 5.87. The summed E-state index contributed by atoms with van der Waals surface area (Å²) in [5, 5.41) is 0. The molecule has 1 aromatic heterocycles. The first kappa shape index (κ1) is 13.2. The standard InChI is InChI=1S/C11H14BrClOS/c1-2-3-4-5-6-9(14)10-7-8(12)11(13)15-10/h7H,2-6H2,1H3. The Labute approximate surface area is 108 Å². The van der Waals surface area contributed by atoms with Gasteiger partial charge in [-0.3, -0.25) is 4.79 Å². The van der Waals surface area contributed by atoms with Crippen LogP contribution in [0.5, 0.6) is 0 Å². The van der Waals surface area contributed by atoms with E-state index in [0.29, 0.717) is 10.8 Å². The van der Waals surface area contributed by atoms with Crippen LogP contribution in [0.25, 0.3) is 0 Å². The lowest BCUT2D eigenvalue weighted by Gasteiger charge is -1.97. The maximum absolute atomic E-state index is 11.7. The number of Topliss-reactive ketones (excluding diaryl/α,β-unsaturated/α-hetero) is 1. The van der Waals surface area contributed by atoms with Gasteiger partial charge in [-0.25, -0.2) is 0 Å². The van der Waals surface area contributed by atoms with Crippen LogP contribution < -0.4 is 0 Å². The molecule has 0 aliphatic carbocycles. The van der Waals surface area contributed by atoms with Gasteiger partial charge < -0.3 is 0 Å². The second-order valence-corrected chi connectivity index (χ2v) is 5.97. The third-order valence-electron chi connectivity index (χ3n) is 2.18. The summed E-state index contributed by atoms with van der Waals surface area (Å²) >= 11 is 10.5. The Hall–Kier alpha value is 0.140. The molecule has 0 saturated carbocycles. The quantitative estimate of drug-likeness (QED) is 0.513. The van der Waals surface area contributed by atoms with Crippen molar-refractivity contribution < 1.29 is 4.79 Å². The predicted octanol–water partition coefficient (Wildman–Crippen LogP) is 5.32. The van der Waals surface area contributed by atoms with Crippen molar-refractivity contribution in [2.45, 2.75) is 39.0 Å². The van der Waals surface area contributed by atoms with Gasteiger partial charge in [0.15, 0.2) is 5.78 Å². The fourth-order valence-corrected chi connectivity index (χ4v) is 2.99. The van der Waals surface area contributed by atoms with Crippen molar-refractivity contribution in [1.82, 2.24) is 0 Å². The summed E-state index contributed by atoms with van der Waals surface area (Å²) in [4.78, 5) is 12.5. The van der Waals surface area contributed by atoms with E-state index in [0.717, 1.165) is 22.2 Å². The van der Waals surface area contributed by atoms with E-state index in [1.54, 1.807) is 0 Å². The van der Waals surface area contributed by atoms with Crippen LogP contribution in [0.15, 0.2) is 10.5 Å². The molecule has 0 N–H and O–H groups in total. The number of hydrogen-bond acceptors (Lipinski definition) is 2. The number of hydrogen-bond donors (Lipinski definition) is 0. The molecule has 0 atom stereocenters. The predicted molar refractivity (Wildman–Crippen MR) is 70.1 cm³/mol. The van der Waals surface area contributed by atoms with Gasteiger partial charge in [-0.05, 0) is 28.4 Å². The molecule has 1 aromatic rings. The van der Waals surface area contributed by atoms with Gasteiger partial charge in [-0.1, -0.05) is 37.8 Å². The van der Waals surface area contributed by atoms with Gasteiger partial charge in [0.1, 0.15) is 4.34 Å². The molecule has 1 rings (SSSR count). The normalized spacial score (nSPS) is 10.6. The minimum absolute atomic E-state index is 0.212. The lowest BCUT2D eigenvalue weighted by atomic mass is 10.1. The Morgan fingerprint density at radius 1 is 1.47 bits per heavy atom. The van der Waals surface area contributed by atoms with Crippen LogP contribution in [0.2, 0.25) is 4.34 Å². The highest BCUT2D eigenvalue weighted by atomic mass is 79.9. The molecule has 0 bridgehead atoms. The number of thiophene rings is 1. The molecule has 84 valence electrons. The molecule has 4 heteroatoms. The molecular weight excluding hydrogens is 296 g/mol. The van der Waals surface area contributed by atoms with Crippen molar-refractivity contribution in [1.29, 1.82) is 0 Å². The van der Waals surface area contributed by atoms with Crippen LogP contribution in [0, 0.1) is 0 Å². The zero-order chi connectivity index (χ0) is 11.3. The molecule has 0 amide bonds. The number of unbranched alkanes of at least 4 members (excludes halogenated alkanes) is 3. The van der Waals surface area contributed by atoms with Crippen LogP contribution in [0.3, 0.4) is 0 Å². The smallest absolute Gasteiger partial charge is 0.172 e. The van der Waals surface area contributed by atoms with Crippen LogP contribution in [-0.2, 0) is 0 Å². The molecule has 0 saturated heterocycles. The zero-order valence-corrected chi connectivity index (χ0v) is 11.8. The monoisotopic (exact) mass is 308 g/mol. The number of carbonyl (C=O) groups excluding carboxylic acids is 1. The summed E-state index contributed by atoms with van der Waals surface area (Å²) in [5.74, 6) is 0.212. The Morgan fingerprint density at radius 3 is 2.73 bits per heavy atom. The van der Waals surface area contributed by atoms with Crippen molar-refractivity contribution in [3.05, 3.63) is 19.8 Å². The SMILES string of the molecule is CCCCCCC(=O)c1cc(Br)c(Cl)s1. The van der Waals surface area contributed by atoms with Gasteiger partial charge in [-0.15, -0.1) is 11.3 Å². The molecule has 0 fully saturated rings. The highest BCUT2D eigenvalue weighted by molar-refractivity contribution is 9.10. The maximum atomic E-state index is 11.7. The number of halogens is 2. The van der Waals surface area contributed by atoms with Crippen molar-refractivity contribution in [3.8, 4) is 0 Å². The molecule has 1 nitrogen and oxygen atoms in total. The van der Waals surface area contributed by atoms with E-state index in [9.17, 15) is 4.79 Å². The van der Waals surface area contributed by atoms with E-state index >= 15 is 0 Å². The maximum Gasteiger partial charge on any atom is 0.172 e. The lowest BCUT2D eigenvalue weighted by Crippen LogP contribution is -1.95. The average molecular weight is 310 g/mol. The van der Waals surface area contributed by atoms with E-state index in [4.69, 9.17) is 11.6 Å². The van der Waals surface area contributed by atoms with Crippen LogP contribution >= 0.6 is 38.9 Å². The van der Waals surface area contributed by atoms with Crippen molar-refractivity contribution in [2.24, 2.45) is 0 Å². The summed E-state index contributed by atoms with van der Waals surface area (Å²) in [7, 11) is 0. The van der Waals surface area contributed by atoms with Crippen molar-refractivity contribution in [2.75, 3.05) is 0 Å². The van der Waals surface area contributed by atoms with Gasteiger partial charge in [0.05, 0.1) is 4.88 Å². The molecule has 0 radical (unpaired) electrons. The lowest BCUT2D eigenvalue weighted by molar-refractivity contribution is 0.0983. The second kappa shape index (κ2) is 6.66. The van der Waals surface area contributed by atoms with Gasteiger partial charge >= 0.3 is 0 Å². The summed E-state index contributed by atoms with van der Waals surface area (Å²) < 4.78 is 1.48. The van der Waals surface area contributed by atoms with Gasteiger partial charge in [0.25, 0.3) is 0 Å². The molecule has 15 heavy (non-hydrogen) atoms. The summed E-state index contributed by atoms with van der Waals surface area (Å²) in [6.07, 6.45) is 5.18. The van der Waals surface area contributed by atoms with E-state index in [1.807, 2.05) is 6.07 Å². The van der Waals surface area contributed by atoms with E-state index in [1.165, 1.54) is 24.2 Å². The zero-order valence-electron chi connectivity index (χ0n) is 8.69. The summed E-state index contributed by atoms with van der Waals surface area (Å²) in [6.45, 7) is 2.16. The molecule has 0 aromatic carbocycles. The Balaban J connectivity index is 2.40. The minimum atomic E-state index is 0.212. The first-order valence-corrected chi connectivity index (χ1v) is 7.12. The molecule has 1 heterocycles.